The quantitative estimate of drug-likeness (QED) is 0.132. The van der Waals surface area contributed by atoms with Gasteiger partial charge in [0.25, 0.3) is 0 Å². The first-order valence-electron chi connectivity index (χ1n) is 12.7. The van der Waals surface area contributed by atoms with Crippen LogP contribution in [0.25, 0.3) is 31.4 Å². The van der Waals surface area contributed by atoms with E-state index in [1.165, 1.54) is 85.0 Å². The van der Waals surface area contributed by atoms with E-state index in [-0.39, 0.29) is 31.6 Å². The van der Waals surface area contributed by atoms with E-state index in [1.807, 2.05) is 29.7 Å². The molecular weight excluding hydrogens is 659 g/mol. The van der Waals surface area contributed by atoms with Crippen LogP contribution >= 0.6 is 11.3 Å². The number of ketones is 1. The van der Waals surface area contributed by atoms with E-state index in [0.29, 0.717) is 0 Å². The molecule has 2 aromatic carbocycles. The van der Waals surface area contributed by atoms with Gasteiger partial charge in [-0.15, -0.1) is 41.2 Å². The number of ether oxygens (including phenoxy) is 1. The molecule has 2 aliphatic carbocycles. The number of aromatic nitrogens is 1. The van der Waals surface area contributed by atoms with E-state index < -0.39 is 0 Å². The Morgan fingerprint density at radius 1 is 1.22 bits per heavy atom. The molecule has 4 nitrogen and oxygen atoms in total. The number of carbonyl (C=O) groups is 1. The zero-order valence-corrected chi connectivity index (χ0v) is 24.7. The van der Waals surface area contributed by atoms with Crippen molar-refractivity contribution in [2.24, 2.45) is 5.92 Å². The van der Waals surface area contributed by atoms with Crippen LogP contribution in [0.5, 0.6) is 5.75 Å². The summed E-state index contributed by atoms with van der Waals surface area (Å²) in [7, 11) is 1.69. The zero-order chi connectivity index (χ0) is 25.2. The van der Waals surface area contributed by atoms with Gasteiger partial charge in [-0.2, -0.15) is 0 Å². The van der Waals surface area contributed by atoms with Crippen LogP contribution in [0.4, 0.5) is 0 Å². The summed E-state index contributed by atoms with van der Waals surface area (Å²) in [4.78, 5) is 14.8. The molecule has 2 aromatic heterocycles. The van der Waals surface area contributed by atoms with Gasteiger partial charge >= 0.3 is 0 Å². The van der Waals surface area contributed by atoms with Crippen molar-refractivity contribution in [3.63, 3.8) is 0 Å². The number of aliphatic hydroxyl groups excluding tert-OH is 1. The van der Waals surface area contributed by atoms with Crippen LogP contribution < -0.4 is 4.74 Å². The number of carbonyl (C=O) groups excluding carboxylic acids is 1. The number of pyridine rings is 1. The molecule has 0 saturated heterocycles. The molecule has 37 heavy (non-hydrogen) atoms. The first kappa shape index (κ1) is 27.5. The first-order chi connectivity index (χ1) is 17.4. The van der Waals surface area contributed by atoms with Crippen molar-refractivity contribution in [3.8, 4) is 17.0 Å². The second-order valence-electron chi connectivity index (χ2n) is 9.90. The number of aliphatic hydroxyl groups is 1. The number of fused-ring (bicyclic) bond motifs is 4. The smallest absolute Gasteiger partial charge is 0.155 e. The van der Waals surface area contributed by atoms with Gasteiger partial charge in [-0.05, 0) is 98.9 Å². The van der Waals surface area contributed by atoms with Gasteiger partial charge in [0.2, 0.25) is 0 Å². The Morgan fingerprint density at radius 3 is 2.62 bits per heavy atom. The molecule has 0 aliphatic heterocycles. The molecule has 195 valence electrons. The van der Waals surface area contributed by atoms with Crippen molar-refractivity contribution in [2.75, 3.05) is 7.11 Å². The summed E-state index contributed by atoms with van der Waals surface area (Å²) >= 11 is 1.91. The Kier molecular flexibility index (Phi) is 8.84. The summed E-state index contributed by atoms with van der Waals surface area (Å²) < 4.78 is 8.05. The molecule has 1 saturated carbocycles. The molecule has 0 unspecified atom stereocenters. The summed E-state index contributed by atoms with van der Waals surface area (Å²) in [5.74, 6) is 1.67. The van der Waals surface area contributed by atoms with E-state index in [4.69, 9.17) is 14.8 Å². The van der Waals surface area contributed by atoms with Gasteiger partial charge in [-0.1, -0.05) is 0 Å². The van der Waals surface area contributed by atoms with E-state index in [0.717, 1.165) is 22.9 Å². The molecule has 2 heterocycles. The van der Waals surface area contributed by atoms with E-state index >= 15 is 0 Å². The number of nitrogens with zero attached hydrogens (tertiary/aromatic N) is 1. The van der Waals surface area contributed by atoms with E-state index in [1.54, 1.807) is 23.8 Å². The van der Waals surface area contributed by atoms with Crippen LogP contribution in [0.1, 0.15) is 56.2 Å². The molecule has 4 aromatic rings. The van der Waals surface area contributed by atoms with Gasteiger partial charge in [-0.25, -0.2) is 0 Å². The monoisotopic (exact) mass is 691 g/mol. The third-order valence-corrected chi connectivity index (χ3v) is 8.15. The predicted octanol–water partition coefficient (Wildman–Crippen LogP) is 7.79. The third kappa shape index (κ3) is 6.14. The van der Waals surface area contributed by atoms with Crippen LogP contribution in [0.15, 0.2) is 48.4 Å². The van der Waals surface area contributed by atoms with Gasteiger partial charge in [0.1, 0.15) is 0 Å². The van der Waals surface area contributed by atoms with Crippen molar-refractivity contribution in [3.05, 3.63) is 71.1 Å². The number of hydrogen-bond acceptors (Lipinski definition) is 5. The predicted molar refractivity (Wildman–Crippen MR) is 148 cm³/mol. The molecule has 2 aliphatic rings. The van der Waals surface area contributed by atoms with Crippen molar-refractivity contribution in [1.82, 2.24) is 4.98 Å². The largest absolute Gasteiger partial charge is 0.540 e. The molecule has 1 radical (unpaired) electrons. The molecule has 6 heteroatoms. The maximum Gasteiger partial charge on any atom is 0.155 e. The number of allylic oxidation sites excluding steroid dienone is 2. The number of thiophene rings is 1. The fourth-order valence-corrected chi connectivity index (χ4v) is 6.50. The number of rotatable bonds is 5. The summed E-state index contributed by atoms with van der Waals surface area (Å²) in [6.07, 6.45) is 12.4. The molecule has 0 amide bonds. The van der Waals surface area contributed by atoms with Crippen LogP contribution in [0.3, 0.4) is 0 Å². The summed E-state index contributed by atoms with van der Waals surface area (Å²) in [5, 5.41) is 11.3. The maximum absolute atomic E-state index is 10.0. The minimum atomic E-state index is -0.125. The molecule has 1 fully saturated rings. The third-order valence-electron chi connectivity index (χ3n) is 6.99. The fraction of sp³-hybridized carbons (Fsp3) is 0.355. The fourth-order valence-electron chi connectivity index (χ4n) is 5.20. The summed E-state index contributed by atoms with van der Waals surface area (Å²) in [6, 6.07) is 14.1. The Labute approximate surface area is 236 Å². The number of methoxy groups -OCH3 is 1. The minimum absolute atomic E-state index is 0. The molecule has 0 atom stereocenters. The Balaban J connectivity index is 0.000000356. The SMILES string of the molecule is CC(=O)/C=C(/C)O.COc1c[c-]c(-c2nccc3c2sc2cc4c(c(CC5CC5)c23)CCCC4)cc1.[Ir]. The molecule has 0 spiro atoms. The Bertz CT molecular complexity index is 1450. The average Bonchev–Trinajstić information content (AvgIpc) is 3.61. The first-order valence-corrected chi connectivity index (χ1v) is 13.5. The topological polar surface area (TPSA) is 59.4 Å². The van der Waals surface area contributed by atoms with Gasteiger partial charge < -0.3 is 14.8 Å². The van der Waals surface area contributed by atoms with Crippen LogP contribution in [0, 0.1) is 12.0 Å². The Morgan fingerprint density at radius 2 is 2.00 bits per heavy atom. The van der Waals surface area contributed by atoms with Crippen molar-refractivity contribution < 1.29 is 34.7 Å². The normalized spacial score (nSPS) is 14.9. The van der Waals surface area contributed by atoms with E-state index in [9.17, 15) is 4.79 Å². The second-order valence-corrected chi connectivity index (χ2v) is 10.9. The van der Waals surface area contributed by atoms with Crippen molar-refractivity contribution >= 4 is 37.3 Å². The summed E-state index contributed by atoms with van der Waals surface area (Å²) in [6.45, 7) is 2.85. The van der Waals surface area contributed by atoms with Gasteiger partial charge in [0.05, 0.1) is 12.9 Å². The van der Waals surface area contributed by atoms with Crippen LogP contribution in [-0.4, -0.2) is 23.0 Å². The standard InChI is InChI=1S/C26H24NOS.C5H8O2.Ir/c1-28-19-10-8-17(9-11-19)25-26-21(12-13-27-25)24-22(14-16-6-7-16)20-5-3-2-4-18(20)15-23(24)29-26;1-4(6)3-5(2)7;/h8,10-13,15-16H,2-7,14H2,1H3;3,6H,1-2H3;/q-1;;/b;4-3-;. The maximum atomic E-state index is 10.0. The molecule has 0 bridgehead atoms. The number of benzene rings is 2. The zero-order valence-electron chi connectivity index (χ0n) is 21.5. The van der Waals surface area contributed by atoms with Gasteiger partial charge in [-0.3, -0.25) is 4.79 Å². The van der Waals surface area contributed by atoms with Crippen LogP contribution in [0.2, 0.25) is 0 Å². The molecular formula is C31H32IrNO3S-. The van der Waals surface area contributed by atoms with Crippen molar-refractivity contribution in [2.45, 2.75) is 58.8 Å². The average molecular weight is 691 g/mol. The Hall–Kier alpha value is -2.53. The molecule has 1 N–H and O–H groups in total. The summed E-state index contributed by atoms with van der Waals surface area (Å²) in [5.41, 5.74) is 7.01. The second kappa shape index (κ2) is 11.9. The van der Waals surface area contributed by atoms with Gasteiger partial charge in [0, 0.05) is 58.6 Å². The van der Waals surface area contributed by atoms with Crippen molar-refractivity contribution in [1.29, 1.82) is 0 Å². The van der Waals surface area contributed by atoms with Gasteiger partial charge in [0.15, 0.2) is 5.78 Å². The van der Waals surface area contributed by atoms with E-state index in [2.05, 4.69) is 24.3 Å². The number of hydrogen-bond donors (Lipinski definition) is 1. The molecule has 6 rings (SSSR count). The minimum Gasteiger partial charge on any atom is -0.540 e. The van der Waals surface area contributed by atoms with Crippen LogP contribution in [-0.2, 0) is 44.2 Å². The number of aryl methyl sites for hydroxylation is 1.